The molecule has 0 saturated heterocycles. The number of ether oxygens (including phenoxy) is 1. The molecule has 0 aliphatic carbocycles. The fraction of sp³-hybridized carbons (Fsp3) is 0.312. The first-order valence-corrected chi connectivity index (χ1v) is 6.43. The molecule has 1 N–H and O–H groups in total. The SMILES string of the molecule is CNC(c1cncc(C)c1)C(OC)c1ccccc1. The number of methoxy groups -OCH3 is 1. The summed E-state index contributed by atoms with van der Waals surface area (Å²) in [5.74, 6) is 0. The summed E-state index contributed by atoms with van der Waals surface area (Å²) in [6.07, 6.45) is 3.72. The first-order valence-electron chi connectivity index (χ1n) is 6.43. The smallest absolute Gasteiger partial charge is 0.102 e. The van der Waals surface area contributed by atoms with E-state index in [0.717, 1.165) is 16.7 Å². The molecule has 0 fully saturated rings. The van der Waals surface area contributed by atoms with E-state index in [1.54, 1.807) is 7.11 Å². The van der Waals surface area contributed by atoms with Gasteiger partial charge >= 0.3 is 0 Å². The molecule has 19 heavy (non-hydrogen) atoms. The summed E-state index contributed by atoms with van der Waals surface area (Å²) in [7, 11) is 3.69. The Labute approximate surface area is 114 Å². The minimum Gasteiger partial charge on any atom is -0.375 e. The number of hydrogen-bond acceptors (Lipinski definition) is 3. The van der Waals surface area contributed by atoms with Crippen molar-refractivity contribution in [2.75, 3.05) is 14.2 Å². The van der Waals surface area contributed by atoms with Crippen molar-refractivity contribution in [1.29, 1.82) is 0 Å². The molecule has 2 rings (SSSR count). The molecule has 100 valence electrons. The van der Waals surface area contributed by atoms with Gasteiger partial charge in [-0.1, -0.05) is 36.4 Å². The third-order valence-corrected chi connectivity index (χ3v) is 3.25. The number of aryl methyl sites for hydroxylation is 1. The molecule has 0 aliphatic heterocycles. The van der Waals surface area contributed by atoms with Gasteiger partial charge < -0.3 is 10.1 Å². The molecule has 0 aliphatic rings. The molecule has 2 unspecified atom stereocenters. The van der Waals surface area contributed by atoms with Crippen molar-refractivity contribution in [1.82, 2.24) is 10.3 Å². The van der Waals surface area contributed by atoms with Crippen molar-refractivity contribution < 1.29 is 4.74 Å². The van der Waals surface area contributed by atoms with Crippen molar-refractivity contribution in [3.8, 4) is 0 Å². The molecular weight excluding hydrogens is 236 g/mol. The predicted octanol–water partition coefficient (Wildman–Crippen LogP) is 3.04. The maximum atomic E-state index is 5.69. The van der Waals surface area contributed by atoms with Gasteiger partial charge in [0.2, 0.25) is 0 Å². The fourth-order valence-electron chi connectivity index (χ4n) is 2.35. The lowest BCUT2D eigenvalue weighted by Gasteiger charge is -2.26. The number of hydrogen-bond donors (Lipinski definition) is 1. The van der Waals surface area contributed by atoms with Crippen LogP contribution in [0, 0.1) is 6.92 Å². The number of nitrogens with zero attached hydrogens (tertiary/aromatic N) is 1. The van der Waals surface area contributed by atoms with Gasteiger partial charge in [0.05, 0.1) is 6.04 Å². The first kappa shape index (κ1) is 13.7. The average molecular weight is 256 g/mol. The standard InChI is InChI=1S/C16H20N2O/c1-12-9-14(11-18-10-12)15(17-2)16(19-3)13-7-5-4-6-8-13/h4-11,15-17H,1-3H3. The van der Waals surface area contributed by atoms with E-state index in [9.17, 15) is 0 Å². The average Bonchev–Trinajstić information content (AvgIpc) is 2.45. The molecule has 1 heterocycles. The van der Waals surface area contributed by atoms with Crippen LogP contribution in [0.3, 0.4) is 0 Å². The molecule has 1 aromatic heterocycles. The molecule has 3 nitrogen and oxygen atoms in total. The third kappa shape index (κ3) is 3.19. The van der Waals surface area contributed by atoms with Crippen LogP contribution in [-0.4, -0.2) is 19.1 Å². The highest BCUT2D eigenvalue weighted by atomic mass is 16.5. The van der Waals surface area contributed by atoms with Gasteiger partial charge in [-0.2, -0.15) is 0 Å². The Morgan fingerprint density at radius 1 is 1.11 bits per heavy atom. The third-order valence-electron chi connectivity index (χ3n) is 3.25. The quantitative estimate of drug-likeness (QED) is 0.893. The van der Waals surface area contributed by atoms with E-state index < -0.39 is 0 Å². The summed E-state index contributed by atoms with van der Waals surface area (Å²) in [5, 5.41) is 3.33. The lowest BCUT2D eigenvalue weighted by molar-refractivity contribution is 0.0701. The highest BCUT2D eigenvalue weighted by Gasteiger charge is 2.23. The van der Waals surface area contributed by atoms with E-state index in [1.165, 1.54) is 0 Å². The second-order valence-electron chi connectivity index (χ2n) is 4.63. The highest BCUT2D eigenvalue weighted by molar-refractivity contribution is 5.26. The van der Waals surface area contributed by atoms with Crippen molar-refractivity contribution in [2.45, 2.75) is 19.1 Å². The molecule has 3 heteroatoms. The Balaban J connectivity index is 2.34. The van der Waals surface area contributed by atoms with Gasteiger partial charge in [-0.25, -0.2) is 0 Å². The van der Waals surface area contributed by atoms with Gasteiger partial charge in [0.25, 0.3) is 0 Å². The predicted molar refractivity (Wildman–Crippen MR) is 77.0 cm³/mol. The minimum atomic E-state index is -0.0326. The lowest BCUT2D eigenvalue weighted by atomic mass is 9.96. The minimum absolute atomic E-state index is 0.0326. The van der Waals surface area contributed by atoms with Crippen LogP contribution < -0.4 is 5.32 Å². The zero-order valence-electron chi connectivity index (χ0n) is 11.6. The van der Waals surface area contributed by atoms with E-state index in [2.05, 4.69) is 28.5 Å². The molecule has 0 spiro atoms. The van der Waals surface area contributed by atoms with Crippen LogP contribution in [0.15, 0.2) is 48.8 Å². The number of pyridine rings is 1. The molecule has 2 atom stereocenters. The monoisotopic (exact) mass is 256 g/mol. The number of benzene rings is 1. The van der Waals surface area contributed by atoms with Crippen LogP contribution in [0.25, 0.3) is 0 Å². The van der Waals surface area contributed by atoms with Gasteiger partial charge in [-0.15, -0.1) is 0 Å². The summed E-state index contributed by atoms with van der Waals surface area (Å²) in [6, 6.07) is 12.5. The zero-order chi connectivity index (χ0) is 13.7. The molecule has 0 radical (unpaired) electrons. The normalized spacial score (nSPS) is 14.1. The Morgan fingerprint density at radius 2 is 1.84 bits per heavy atom. The van der Waals surface area contributed by atoms with Gasteiger partial charge in [-0.05, 0) is 30.7 Å². The van der Waals surface area contributed by atoms with Crippen molar-refractivity contribution >= 4 is 0 Å². The van der Waals surface area contributed by atoms with Crippen molar-refractivity contribution in [2.24, 2.45) is 0 Å². The van der Waals surface area contributed by atoms with E-state index in [-0.39, 0.29) is 12.1 Å². The first-order chi connectivity index (χ1) is 9.26. The summed E-state index contributed by atoms with van der Waals surface area (Å²) in [5.41, 5.74) is 3.45. The second-order valence-corrected chi connectivity index (χ2v) is 4.63. The topological polar surface area (TPSA) is 34.2 Å². The molecule has 0 bridgehead atoms. The maximum Gasteiger partial charge on any atom is 0.102 e. The van der Waals surface area contributed by atoms with Gasteiger partial charge in [0.1, 0.15) is 6.10 Å². The maximum absolute atomic E-state index is 5.69. The molecule has 0 amide bonds. The molecular formula is C16H20N2O. The Morgan fingerprint density at radius 3 is 2.42 bits per heavy atom. The number of rotatable bonds is 5. The molecule has 2 aromatic rings. The molecule has 1 aromatic carbocycles. The largest absolute Gasteiger partial charge is 0.375 e. The number of likely N-dealkylation sites (N-methyl/N-ethyl adjacent to an activating group) is 1. The number of nitrogens with one attached hydrogen (secondary N) is 1. The van der Waals surface area contributed by atoms with E-state index in [0.29, 0.717) is 0 Å². The second kappa shape index (κ2) is 6.45. The van der Waals surface area contributed by atoms with E-state index >= 15 is 0 Å². The van der Waals surface area contributed by atoms with E-state index in [1.807, 2.05) is 44.6 Å². The van der Waals surface area contributed by atoms with Crippen LogP contribution in [0.4, 0.5) is 0 Å². The van der Waals surface area contributed by atoms with Crippen LogP contribution in [0.1, 0.15) is 28.8 Å². The van der Waals surface area contributed by atoms with Crippen LogP contribution in [0.2, 0.25) is 0 Å². The fourth-order valence-corrected chi connectivity index (χ4v) is 2.35. The number of aromatic nitrogens is 1. The Kier molecular flexibility index (Phi) is 4.66. The Hall–Kier alpha value is -1.71. The summed E-state index contributed by atoms with van der Waals surface area (Å²) in [6.45, 7) is 2.05. The van der Waals surface area contributed by atoms with Gasteiger partial charge in [-0.3, -0.25) is 4.98 Å². The van der Waals surface area contributed by atoms with Crippen molar-refractivity contribution in [3.05, 3.63) is 65.5 Å². The van der Waals surface area contributed by atoms with Gasteiger partial charge in [0.15, 0.2) is 0 Å². The van der Waals surface area contributed by atoms with Gasteiger partial charge in [0, 0.05) is 19.5 Å². The lowest BCUT2D eigenvalue weighted by Crippen LogP contribution is -2.25. The van der Waals surface area contributed by atoms with Crippen molar-refractivity contribution in [3.63, 3.8) is 0 Å². The Bertz CT molecular complexity index is 513. The molecule has 0 saturated carbocycles. The summed E-state index contributed by atoms with van der Waals surface area (Å²) >= 11 is 0. The zero-order valence-corrected chi connectivity index (χ0v) is 11.6. The highest BCUT2D eigenvalue weighted by Crippen LogP contribution is 2.31. The van der Waals surface area contributed by atoms with Crippen LogP contribution in [-0.2, 0) is 4.74 Å². The summed E-state index contributed by atoms with van der Waals surface area (Å²) in [4.78, 5) is 4.27. The van der Waals surface area contributed by atoms with Crippen LogP contribution >= 0.6 is 0 Å². The van der Waals surface area contributed by atoms with E-state index in [4.69, 9.17) is 4.74 Å². The summed E-state index contributed by atoms with van der Waals surface area (Å²) < 4.78 is 5.69. The van der Waals surface area contributed by atoms with Crippen LogP contribution in [0.5, 0.6) is 0 Å².